The van der Waals surface area contributed by atoms with Gasteiger partial charge in [0.05, 0.1) is 4.92 Å². The fourth-order valence-electron chi connectivity index (χ4n) is 1.41. The Morgan fingerprint density at radius 1 is 1.47 bits per heavy atom. The molecule has 0 saturated heterocycles. The minimum absolute atomic E-state index is 0.0360. The van der Waals surface area contributed by atoms with E-state index in [-0.39, 0.29) is 11.3 Å². The first-order valence-electron chi connectivity index (χ1n) is 5.25. The van der Waals surface area contributed by atoms with Gasteiger partial charge >= 0.3 is 0 Å². The molecule has 1 heterocycles. The lowest BCUT2D eigenvalue weighted by molar-refractivity contribution is -0.385. The molecule has 1 aromatic carbocycles. The summed E-state index contributed by atoms with van der Waals surface area (Å²) >= 11 is 1.30. The number of nitriles is 1. The third-order valence-corrected chi connectivity index (χ3v) is 3.57. The van der Waals surface area contributed by atoms with E-state index in [0.717, 1.165) is 5.82 Å². The molecule has 0 fully saturated rings. The minimum Gasteiger partial charge on any atom is -0.309 e. The van der Waals surface area contributed by atoms with Crippen LogP contribution in [-0.4, -0.2) is 19.7 Å². The molecule has 0 bridgehead atoms. The summed E-state index contributed by atoms with van der Waals surface area (Å²) in [4.78, 5) is 10.9. The van der Waals surface area contributed by atoms with Gasteiger partial charge in [-0.1, -0.05) is 0 Å². The first-order valence-corrected chi connectivity index (χ1v) is 6.07. The molecule has 0 aliphatic heterocycles. The Hall–Kier alpha value is -2.40. The topological polar surface area (TPSA) is 97.6 Å². The highest BCUT2D eigenvalue weighted by Gasteiger charge is 2.15. The molecule has 19 heavy (non-hydrogen) atoms. The second kappa shape index (κ2) is 5.07. The van der Waals surface area contributed by atoms with Gasteiger partial charge in [0.2, 0.25) is 0 Å². The van der Waals surface area contributed by atoms with Gasteiger partial charge in [0.25, 0.3) is 5.69 Å². The Bertz CT molecular complexity index is 689. The molecule has 0 atom stereocenters. The van der Waals surface area contributed by atoms with Crippen LogP contribution in [0.4, 0.5) is 5.69 Å². The molecule has 0 amide bonds. The first-order chi connectivity index (χ1) is 9.02. The quantitative estimate of drug-likeness (QED) is 0.628. The van der Waals surface area contributed by atoms with Crippen LogP contribution in [0.5, 0.6) is 0 Å². The second-order valence-corrected chi connectivity index (χ2v) is 4.78. The summed E-state index contributed by atoms with van der Waals surface area (Å²) in [5.41, 5.74) is -0.158. The third kappa shape index (κ3) is 2.56. The zero-order valence-corrected chi connectivity index (χ0v) is 11.0. The van der Waals surface area contributed by atoms with Crippen LogP contribution in [0, 0.1) is 28.4 Å². The lowest BCUT2D eigenvalue weighted by atomic mass is 10.2. The van der Waals surface area contributed by atoms with Gasteiger partial charge in [0.1, 0.15) is 17.5 Å². The van der Waals surface area contributed by atoms with Crippen LogP contribution in [0.15, 0.2) is 28.3 Å². The van der Waals surface area contributed by atoms with Crippen LogP contribution >= 0.6 is 11.8 Å². The Labute approximate surface area is 113 Å². The number of hydrogen-bond donors (Lipinski definition) is 0. The van der Waals surface area contributed by atoms with Gasteiger partial charge in [-0.25, -0.2) is 0 Å². The summed E-state index contributed by atoms with van der Waals surface area (Å²) in [6.45, 7) is 1.83. The highest BCUT2D eigenvalue weighted by molar-refractivity contribution is 7.99. The van der Waals surface area contributed by atoms with Crippen molar-refractivity contribution in [2.45, 2.75) is 17.0 Å². The molecule has 1 aromatic heterocycles. The predicted octanol–water partition coefficient (Wildman–Crippen LogP) is 2.05. The lowest BCUT2D eigenvalue weighted by Gasteiger charge is -2.02. The molecule has 0 aliphatic carbocycles. The van der Waals surface area contributed by atoms with Gasteiger partial charge in [0.15, 0.2) is 5.16 Å². The zero-order valence-electron chi connectivity index (χ0n) is 10.2. The van der Waals surface area contributed by atoms with E-state index in [1.807, 2.05) is 20.0 Å². The van der Waals surface area contributed by atoms with Crippen LogP contribution in [0.2, 0.25) is 0 Å². The van der Waals surface area contributed by atoms with E-state index in [9.17, 15) is 10.1 Å². The third-order valence-electron chi connectivity index (χ3n) is 2.55. The van der Waals surface area contributed by atoms with Crippen molar-refractivity contribution < 1.29 is 4.92 Å². The molecule has 8 heteroatoms. The number of aryl methyl sites for hydroxylation is 1. The van der Waals surface area contributed by atoms with Crippen LogP contribution in [0.3, 0.4) is 0 Å². The number of rotatable bonds is 3. The molecule has 2 rings (SSSR count). The normalized spacial score (nSPS) is 10.2. The van der Waals surface area contributed by atoms with E-state index in [0.29, 0.717) is 10.1 Å². The standard InChI is InChI=1S/C11H9N5O2S/c1-7-13-14-11(15(7)2)19-9-3-4-10(16(17)18)8(5-9)6-12/h3-5H,1-2H3. The minimum atomic E-state index is -0.570. The number of nitro benzene ring substituents is 1. The summed E-state index contributed by atoms with van der Waals surface area (Å²) in [5, 5.41) is 28.2. The van der Waals surface area contributed by atoms with E-state index >= 15 is 0 Å². The fourth-order valence-corrected chi connectivity index (χ4v) is 2.28. The van der Waals surface area contributed by atoms with Gasteiger partial charge in [-0.2, -0.15) is 5.26 Å². The molecule has 7 nitrogen and oxygen atoms in total. The number of aromatic nitrogens is 3. The molecule has 0 N–H and O–H groups in total. The van der Waals surface area contributed by atoms with Gasteiger partial charge in [-0.3, -0.25) is 10.1 Å². The van der Waals surface area contributed by atoms with Gasteiger partial charge in [-0.15, -0.1) is 10.2 Å². The average Bonchev–Trinajstić information content (AvgIpc) is 2.70. The maximum Gasteiger partial charge on any atom is 0.287 e. The van der Waals surface area contributed by atoms with Gasteiger partial charge < -0.3 is 4.57 Å². The molecule has 96 valence electrons. The van der Waals surface area contributed by atoms with Crippen molar-refractivity contribution in [3.8, 4) is 6.07 Å². The van der Waals surface area contributed by atoms with E-state index in [1.165, 1.54) is 23.9 Å². The summed E-state index contributed by atoms with van der Waals surface area (Å²) in [6, 6.07) is 6.22. The summed E-state index contributed by atoms with van der Waals surface area (Å²) in [7, 11) is 1.83. The SMILES string of the molecule is Cc1nnc(Sc2ccc([N+](=O)[O-])c(C#N)c2)n1C. The highest BCUT2D eigenvalue weighted by atomic mass is 32.2. The maximum atomic E-state index is 10.7. The summed E-state index contributed by atoms with van der Waals surface area (Å²) < 4.78 is 1.80. The lowest BCUT2D eigenvalue weighted by Crippen LogP contribution is -1.94. The van der Waals surface area contributed by atoms with E-state index in [1.54, 1.807) is 10.6 Å². The number of nitro groups is 1. The van der Waals surface area contributed by atoms with E-state index < -0.39 is 4.92 Å². The van der Waals surface area contributed by atoms with Gasteiger partial charge in [0, 0.05) is 18.0 Å². The molecule has 0 saturated carbocycles. The number of benzene rings is 1. The van der Waals surface area contributed by atoms with Crippen molar-refractivity contribution >= 4 is 17.4 Å². The van der Waals surface area contributed by atoms with E-state index in [4.69, 9.17) is 5.26 Å². The summed E-state index contributed by atoms with van der Waals surface area (Å²) in [6.07, 6.45) is 0. The Balaban J connectivity index is 2.35. The van der Waals surface area contributed by atoms with Crippen molar-refractivity contribution in [2.75, 3.05) is 0 Å². The van der Waals surface area contributed by atoms with Crippen LogP contribution in [0.25, 0.3) is 0 Å². The van der Waals surface area contributed by atoms with Crippen molar-refractivity contribution in [3.63, 3.8) is 0 Å². The Morgan fingerprint density at radius 3 is 2.74 bits per heavy atom. The Morgan fingerprint density at radius 2 is 2.21 bits per heavy atom. The predicted molar refractivity (Wildman–Crippen MR) is 67.7 cm³/mol. The van der Waals surface area contributed by atoms with Crippen LogP contribution < -0.4 is 0 Å². The zero-order chi connectivity index (χ0) is 14.0. The van der Waals surface area contributed by atoms with E-state index in [2.05, 4.69) is 10.2 Å². The molecule has 0 spiro atoms. The smallest absolute Gasteiger partial charge is 0.287 e. The molecular weight excluding hydrogens is 266 g/mol. The fraction of sp³-hybridized carbons (Fsp3) is 0.182. The summed E-state index contributed by atoms with van der Waals surface area (Å²) in [5.74, 6) is 0.768. The average molecular weight is 275 g/mol. The van der Waals surface area contributed by atoms with Crippen molar-refractivity contribution in [3.05, 3.63) is 39.7 Å². The maximum absolute atomic E-state index is 10.7. The van der Waals surface area contributed by atoms with Crippen molar-refractivity contribution in [2.24, 2.45) is 7.05 Å². The second-order valence-electron chi connectivity index (χ2n) is 3.74. The molecular formula is C11H9N5O2S. The molecule has 2 aromatic rings. The largest absolute Gasteiger partial charge is 0.309 e. The van der Waals surface area contributed by atoms with Crippen LogP contribution in [0.1, 0.15) is 11.4 Å². The molecule has 0 aliphatic rings. The molecule has 0 radical (unpaired) electrons. The van der Waals surface area contributed by atoms with Crippen molar-refractivity contribution in [1.29, 1.82) is 5.26 Å². The first kappa shape index (κ1) is 13.0. The monoisotopic (exact) mass is 275 g/mol. The van der Waals surface area contributed by atoms with Crippen LogP contribution in [-0.2, 0) is 7.05 Å². The Kier molecular flexibility index (Phi) is 3.48. The van der Waals surface area contributed by atoms with Gasteiger partial charge in [-0.05, 0) is 30.8 Å². The molecule has 0 unspecified atom stereocenters. The number of nitrogens with zero attached hydrogens (tertiary/aromatic N) is 5. The number of hydrogen-bond acceptors (Lipinski definition) is 6. The highest BCUT2D eigenvalue weighted by Crippen LogP contribution is 2.29. The van der Waals surface area contributed by atoms with Crippen molar-refractivity contribution in [1.82, 2.24) is 14.8 Å².